The van der Waals surface area contributed by atoms with Crippen molar-refractivity contribution in [2.75, 3.05) is 6.61 Å². The predicted octanol–water partition coefficient (Wildman–Crippen LogP) is 1.22. The number of carboxylic acid groups (broad SMARTS) is 1. The number of carbonyl (C=O) groups excluding carboxylic acids is 1. The number of benzene rings is 2. The molecule has 2 aromatic carbocycles. The molecule has 0 aliphatic rings. The van der Waals surface area contributed by atoms with Crippen LogP contribution in [0.15, 0.2) is 53.4 Å². The van der Waals surface area contributed by atoms with Crippen LogP contribution in [0.5, 0.6) is 11.5 Å². The molecule has 0 amide bonds. The maximum absolute atomic E-state index is 12.2. The first-order valence-electron chi connectivity index (χ1n) is 6.42. The molecular formula is C15H13O6S-. The Labute approximate surface area is 128 Å². The van der Waals surface area contributed by atoms with Crippen molar-refractivity contribution >= 4 is 16.1 Å². The number of rotatable bonds is 6. The van der Waals surface area contributed by atoms with Gasteiger partial charge in [-0.15, -0.1) is 0 Å². The van der Waals surface area contributed by atoms with Gasteiger partial charge in [-0.1, -0.05) is 24.3 Å². The molecule has 0 saturated carbocycles. The molecule has 0 aromatic heterocycles. The van der Waals surface area contributed by atoms with Gasteiger partial charge in [0.25, 0.3) is 0 Å². The highest BCUT2D eigenvalue weighted by Gasteiger charge is 2.19. The highest BCUT2D eigenvalue weighted by atomic mass is 32.2. The van der Waals surface area contributed by atoms with Gasteiger partial charge < -0.3 is 18.8 Å². The molecule has 0 saturated heterocycles. The average Bonchev–Trinajstić information content (AvgIpc) is 2.49. The summed E-state index contributed by atoms with van der Waals surface area (Å²) in [5, 5.41) is 10.8. The van der Waals surface area contributed by atoms with E-state index >= 15 is 0 Å². The maximum atomic E-state index is 12.2. The molecule has 6 nitrogen and oxygen atoms in total. The number of aromatic carboxylic acids is 1. The van der Waals surface area contributed by atoms with Crippen LogP contribution in [0, 0.1) is 0 Å². The van der Waals surface area contributed by atoms with E-state index in [2.05, 4.69) is 0 Å². The summed E-state index contributed by atoms with van der Waals surface area (Å²) >= 11 is 0. The molecule has 0 N–H and O–H groups in total. The van der Waals surface area contributed by atoms with Crippen LogP contribution in [0.25, 0.3) is 0 Å². The third-order valence-electron chi connectivity index (χ3n) is 2.71. The second-order valence-corrected chi connectivity index (χ2v) is 5.78. The number of hydrogen-bond acceptors (Lipinski definition) is 6. The van der Waals surface area contributed by atoms with Gasteiger partial charge in [0.2, 0.25) is 0 Å². The first kappa shape index (κ1) is 15.8. The van der Waals surface area contributed by atoms with Crippen molar-refractivity contribution in [1.29, 1.82) is 0 Å². The lowest BCUT2D eigenvalue weighted by Crippen LogP contribution is -2.22. The maximum Gasteiger partial charge on any atom is 0.339 e. The van der Waals surface area contributed by atoms with E-state index in [9.17, 15) is 18.3 Å². The average molecular weight is 321 g/mol. The molecule has 0 atom stereocenters. The van der Waals surface area contributed by atoms with Gasteiger partial charge >= 0.3 is 10.1 Å². The van der Waals surface area contributed by atoms with E-state index in [0.717, 1.165) is 6.07 Å². The Kier molecular flexibility index (Phi) is 4.67. The quantitative estimate of drug-likeness (QED) is 0.743. The first-order chi connectivity index (χ1) is 10.4. The molecule has 0 fully saturated rings. The van der Waals surface area contributed by atoms with Crippen molar-refractivity contribution in [1.82, 2.24) is 0 Å². The summed E-state index contributed by atoms with van der Waals surface area (Å²) in [6.45, 7) is 2.11. The zero-order valence-electron chi connectivity index (χ0n) is 11.7. The van der Waals surface area contributed by atoms with Gasteiger partial charge in [-0.2, -0.15) is 8.42 Å². The van der Waals surface area contributed by atoms with Crippen molar-refractivity contribution in [2.24, 2.45) is 0 Å². The summed E-state index contributed by atoms with van der Waals surface area (Å²) in [7, 11) is -4.18. The second-order valence-electron chi connectivity index (χ2n) is 4.23. The lowest BCUT2D eigenvalue weighted by atomic mass is 10.2. The number of carboxylic acids is 1. The standard InChI is InChI=1S/C15H14O6S/c1-2-20-13-8-3-4-9-14(13)21-22(18,19)12-7-5-6-11(10-12)15(16)17/h3-10H,2H2,1H3,(H,16,17)/p-1. The summed E-state index contributed by atoms with van der Waals surface area (Å²) in [6.07, 6.45) is 0. The van der Waals surface area contributed by atoms with E-state index < -0.39 is 16.1 Å². The van der Waals surface area contributed by atoms with Crippen molar-refractivity contribution in [3.63, 3.8) is 0 Å². The Hall–Kier alpha value is -2.54. The summed E-state index contributed by atoms with van der Waals surface area (Å²) in [5.74, 6) is -1.15. The van der Waals surface area contributed by atoms with E-state index in [4.69, 9.17) is 8.92 Å². The molecule has 2 rings (SSSR count). The Morgan fingerprint density at radius 1 is 1.09 bits per heavy atom. The molecule has 7 heteroatoms. The van der Waals surface area contributed by atoms with Gasteiger partial charge in [0.1, 0.15) is 4.90 Å². The van der Waals surface area contributed by atoms with Gasteiger partial charge in [0.05, 0.1) is 12.6 Å². The molecule has 22 heavy (non-hydrogen) atoms. The molecule has 0 bridgehead atoms. The highest BCUT2D eigenvalue weighted by molar-refractivity contribution is 7.87. The van der Waals surface area contributed by atoms with Crippen LogP contribution in [0.4, 0.5) is 0 Å². The highest BCUT2D eigenvalue weighted by Crippen LogP contribution is 2.29. The van der Waals surface area contributed by atoms with Crippen LogP contribution in [0.2, 0.25) is 0 Å². The first-order valence-corrected chi connectivity index (χ1v) is 7.82. The van der Waals surface area contributed by atoms with Gasteiger partial charge in [-0.3, -0.25) is 0 Å². The Balaban J connectivity index is 2.36. The molecular weight excluding hydrogens is 308 g/mol. The molecule has 0 spiro atoms. The summed E-state index contributed by atoms with van der Waals surface area (Å²) in [4.78, 5) is 10.5. The van der Waals surface area contributed by atoms with Crippen LogP contribution in [-0.4, -0.2) is 21.0 Å². The van der Waals surface area contributed by atoms with E-state index in [-0.39, 0.29) is 22.0 Å². The third kappa shape index (κ3) is 3.56. The molecule has 0 radical (unpaired) electrons. The minimum atomic E-state index is -4.18. The van der Waals surface area contributed by atoms with Crippen LogP contribution >= 0.6 is 0 Å². The third-order valence-corrected chi connectivity index (χ3v) is 3.94. The Morgan fingerprint density at radius 2 is 1.77 bits per heavy atom. The van der Waals surface area contributed by atoms with Gasteiger partial charge in [0, 0.05) is 0 Å². The summed E-state index contributed by atoms with van der Waals surface area (Å²) < 4.78 is 34.8. The van der Waals surface area contributed by atoms with Crippen LogP contribution in [0.1, 0.15) is 17.3 Å². The van der Waals surface area contributed by atoms with Crippen molar-refractivity contribution in [2.45, 2.75) is 11.8 Å². The molecule has 0 unspecified atom stereocenters. The van der Waals surface area contributed by atoms with Gasteiger partial charge in [-0.25, -0.2) is 0 Å². The minimum absolute atomic E-state index is 0.0307. The van der Waals surface area contributed by atoms with E-state index in [1.165, 1.54) is 24.3 Å². The monoisotopic (exact) mass is 321 g/mol. The second kappa shape index (κ2) is 6.48. The van der Waals surface area contributed by atoms with Crippen molar-refractivity contribution in [3.8, 4) is 11.5 Å². The summed E-state index contributed by atoms with van der Waals surface area (Å²) in [6, 6.07) is 11.1. The minimum Gasteiger partial charge on any atom is -0.545 e. The molecule has 0 aliphatic carbocycles. The largest absolute Gasteiger partial charge is 0.545 e. The van der Waals surface area contributed by atoms with Crippen molar-refractivity contribution in [3.05, 3.63) is 54.1 Å². The number of ether oxygens (including phenoxy) is 1. The lowest BCUT2D eigenvalue weighted by Gasteiger charge is -2.12. The van der Waals surface area contributed by atoms with Crippen molar-refractivity contribution < 1.29 is 27.2 Å². The Bertz CT molecular complexity index is 782. The number of hydrogen-bond donors (Lipinski definition) is 0. The molecule has 2 aromatic rings. The smallest absolute Gasteiger partial charge is 0.339 e. The van der Waals surface area contributed by atoms with Gasteiger partial charge in [-0.05, 0) is 36.8 Å². The molecule has 0 heterocycles. The van der Waals surface area contributed by atoms with Crippen LogP contribution in [0.3, 0.4) is 0 Å². The zero-order valence-corrected chi connectivity index (χ0v) is 12.5. The summed E-state index contributed by atoms with van der Waals surface area (Å²) in [5.41, 5.74) is -0.247. The normalized spacial score (nSPS) is 11.0. The van der Waals surface area contributed by atoms with E-state index in [0.29, 0.717) is 6.61 Å². The lowest BCUT2D eigenvalue weighted by molar-refractivity contribution is -0.255. The fourth-order valence-electron chi connectivity index (χ4n) is 1.74. The van der Waals surface area contributed by atoms with Crippen LogP contribution < -0.4 is 14.0 Å². The van der Waals surface area contributed by atoms with Crippen LogP contribution in [-0.2, 0) is 10.1 Å². The van der Waals surface area contributed by atoms with E-state index in [1.54, 1.807) is 25.1 Å². The number of para-hydroxylation sites is 2. The van der Waals surface area contributed by atoms with E-state index in [1.807, 2.05) is 0 Å². The zero-order chi connectivity index (χ0) is 16.2. The topological polar surface area (TPSA) is 92.7 Å². The predicted molar refractivity (Wildman–Crippen MR) is 76.2 cm³/mol. The SMILES string of the molecule is CCOc1ccccc1OS(=O)(=O)c1cccc(C(=O)[O-])c1. The Morgan fingerprint density at radius 3 is 2.41 bits per heavy atom. The molecule has 116 valence electrons. The fraction of sp³-hybridized carbons (Fsp3) is 0.133. The van der Waals surface area contributed by atoms with Gasteiger partial charge in [0.15, 0.2) is 11.5 Å². The molecule has 0 aliphatic heterocycles. The number of carbonyl (C=O) groups is 1. The fourth-order valence-corrected chi connectivity index (χ4v) is 2.73.